The maximum Gasteiger partial charge on any atom is 0.315 e. The van der Waals surface area contributed by atoms with Gasteiger partial charge in [-0.3, -0.25) is 9.69 Å². The summed E-state index contributed by atoms with van der Waals surface area (Å²) in [4.78, 5) is 28.7. The number of benzene rings is 2. The van der Waals surface area contributed by atoms with Crippen LogP contribution in [-0.4, -0.2) is 54.0 Å². The molecule has 0 saturated carbocycles. The maximum absolute atomic E-state index is 12.8. The van der Waals surface area contributed by atoms with Gasteiger partial charge in [0.05, 0.1) is 11.6 Å². The standard InChI is InChI=1S/C24H29N5O2/c1-18(2)27-24(31)26-16-20-7-9-22(10-8-20)23(30)29-13-11-28(12-14-29)17-21-5-3-19(15-25)4-6-21/h3-10,18H,11-14,16-17H2,1-2H3,(H2,26,27,31). The van der Waals surface area contributed by atoms with Crippen LogP contribution in [0, 0.1) is 11.3 Å². The molecule has 7 heteroatoms. The van der Waals surface area contributed by atoms with Crippen molar-refractivity contribution >= 4 is 11.9 Å². The van der Waals surface area contributed by atoms with E-state index < -0.39 is 0 Å². The van der Waals surface area contributed by atoms with Crippen molar-refractivity contribution in [2.45, 2.75) is 33.0 Å². The molecule has 1 aliphatic heterocycles. The van der Waals surface area contributed by atoms with Gasteiger partial charge in [0.2, 0.25) is 0 Å². The van der Waals surface area contributed by atoms with Gasteiger partial charge >= 0.3 is 6.03 Å². The Labute approximate surface area is 183 Å². The molecule has 0 spiro atoms. The molecular weight excluding hydrogens is 390 g/mol. The zero-order valence-corrected chi connectivity index (χ0v) is 18.1. The topological polar surface area (TPSA) is 88.5 Å². The number of amides is 3. The third-order valence-corrected chi connectivity index (χ3v) is 5.22. The smallest absolute Gasteiger partial charge is 0.315 e. The normalized spacial score (nSPS) is 14.2. The maximum atomic E-state index is 12.8. The number of urea groups is 1. The fraction of sp³-hybridized carbons (Fsp3) is 0.375. The molecule has 1 fully saturated rings. The lowest BCUT2D eigenvalue weighted by molar-refractivity contribution is 0.0628. The van der Waals surface area contributed by atoms with E-state index in [9.17, 15) is 9.59 Å². The summed E-state index contributed by atoms with van der Waals surface area (Å²) in [6, 6.07) is 17.1. The van der Waals surface area contributed by atoms with E-state index in [1.807, 2.05) is 67.3 Å². The second kappa shape index (κ2) is 10.6. The summed E-state index contributed by atoms with van der Waals surface area (Å²) in [5.41, 5.74) is 3.45. The van der Waals surface area contributed by atoms with Gasteiger partial charge in [-0.1, -0.05) is 24.3 Å². The van der Waals surface area contributed by atoms with Gasteiger partial charge in [-0.05, 0) is 49.2 Å². The second-order valence-corrected chi connectivity index (χ2v) is 8.06. The molecule has 2 aromatic rings. The van der Waals surface area contributed by atoms with Crippen LogP contribution in [0.15, 0.2) is 48.5 Å². The molecule has 3 rings (SSSR count). The summed E-state index contributed by atoms with van der Waals surface area (Å²) < 4.78 is 0. The Morgan fingerprint density at radius 2 is 1.58 bits per heavy atom. The van der Waals surface area contributed by atoms with Crippen LogP contribution < -0.4 is 10.6 Å². The molecule has 0 bridgehead atoms. The van der Waals surface area contributed by atoms with Crippen molar-refractivity contribution in [2.75, 3.05) is 26.2 Å². The molecule has 0 aromatic heterocycles. The summed E-state index contributed by atoms with van der Waals surface area (Å²) in [5.74, 6) is 0.0371. The van der Waals surface area contributed by atoms with E-state index in [4.69, 9.17) is 5.26 Å². The fourth-order valence-electron chi connectivity index (χ4n) is 3.50. The van der Waals surface area contributed by atoms with Gasteiger partial charge in [-0.25, -0.2) is 4.79 Å². The lowest BCUT2D eigenvalue weighted by Crippen LogP contribution is -2.48. The zero-order valence-electron chi connectivity index (χ0n) is 18.1. The molecule has 162 valence electrons. The monoisotopic (exact) mass is 419 g/mol. The largest absolute Gasteiger partial charge is 0.336 e. The predicted octanol–water partition coefficient (Wildman–Crippen LogP) is 2.72. The van der Waals surface area contributed by atoms with Gasteiger partial charge in [-0.15, -0.1) is 0 Å². The molecule has 0 radical (unpaired) electrons. The highest BCUT2D eigenvalue weighted by molar-refractivity contribution is 5.94. The Morgan fingerprint density at radius 3 is 2.16 bits per heavy atom. The number of carbonyl (C=O) groups is 2. The van der Waals surface area contributed by atoms with Gasteiger partial charge in [-0.2, -0.15) is 5.26 Å². The van der Waals surface area contributed by atoms with Crippen LogP contribution in [0.3, 0.4) is 0 Å². The van der Waals surface area contributed by atoms with Crippen molar-refractivity contribution in [2.24, 2.45) is 0 Å². The van der Waals surface area contributed by atoms with Gasteiger partial charge < -0.3 is 15.5 Å². The van der Waals surface area contributed by atoms with E-state index in [-0.39, 0.29) is 18.0 Å². The van der Waals surface area contributed by atoms with Crippen molar-refractivity contribution < 1.29 is 9.59 Å². The summed E-state index contributed by atoms with van der Waals surface area (Å²) >= 11 is 0. The highest BCUT2D eigenvalue weighted by Crippen LogP contribution is 2.13. The summed E-state index contributed by atoms with van der Waals surface area (Å²) in [6.07, 6.45) is 0. The Balaban J connectivity index is 1.46. The van der Waals surface area contributed by atoms with Crippen molar-refractivity contribution in [1.82, 2.24) is 20.4 Å². The third kappa shape index (κ3) is 6.56. The van der Waals surface area contributed by atoms with Crippen LogP contribution >= 0.6 is 0 Å². The van der Waals surface area contributed by atoms with Crippen LogP contribution in [-0.2, 0) is 13.1 Å². The minimum absolute atomic E-state index is 0.0371. The molecule has 2 N–H and O–H groups in total. The zero-order chi connectivity index (χ0) is 22.2. The van der Waals surface area contributed by atoms with Gasteiger partial charge in [0, 0.05) is 50.9 Å². The van der Waals surface area contributed by atoms with Crippen molar-refractivity contribution in [3.63, 3.8) is 0 Å². The number of nitrogens with zero attached hydrogens (tertiary/aromatic N) is 3. The molecule has 31 heavy (non-hydrogen) atoms. The summed E-state index contributed by atoms with van der Waals surface area (Å²) in [7, 11) is 0. The van der Waals surface area contributed by atoms with Crippen molar-refractivity contribution in [1.29, 1.82) is 5.26 Å². The average Bonchev–Trinajstić information content (AvgIpc) is 2.78. The summed E-state index contributed by atoms with van der Waals surface area (Å²) in [6.45, 7) is 8.07. The third-order valence-electron chi connectivity index (χ3n) is 5.22. The second-order valence-electron chi connectivity index (χ2n) is 8.06. The first-order valence-corrected chi connectivity index (χ1v) is 10.6. The first-order chi connectivity index (χ1) is 14.9. The quantitative estimate of drug-likeness (QED) is 0.754. The van der Waals surface area contributed by atoms with Crippen LogP contribution in [0.4, 0.5) is 4.79 Å². The van der Waals surface area contributed by atoms with Crippen LogP contribution in [0.5, 0.6) is 0 Å². The molecule has 0 atom stereocenters. The highest BCUT2D eigenvalue weighted by atomic mass is 16.2. The van der Waals surface area contributed by atoms with Gasteiger partial charge in [0.1, 0.15) is 0 Å². The Kier molecular flexibility index (Phi) is 7.63. The number of nitrogens with one attached hydrogen (secondary N) is 2. The minimum Gasteiger partial charge on any atom is -0.336 e. The first-order valence-electron chi connectivity index (χ1n) is 10.6. The number of rotatable bonds is 6. The van der Waals surface area contributed by atoms with E-state index in [0.29, 0.717) is 30.8 Å². The first kappa shape index (κ1) is 22.3. The van der Waals surface area contributed by atoms with E-state index in [1.165, 1.54) is 5.56 Å². The van der Waals surface area contributed by atoms with Crippen LogP contribution in [0.2, 0.25) is 0 Å². The number of piperazine rings is 1. The van der Waals surface area contributed by atoms with Gasteiger partial charge in [0.15, 0.2) is 0 Å². The number of carbonyl (C=O) groups excluding carboxylic acids is 2. The minimum atomic E-state index is -0.200. The molecular formula is C24H29N5O2. The Bertz CT molecular complexity index is 924. The molecule has 1 aliphatic rings. The van der Waals surface area contributed by atoms with Crippen LogP contribution in [0.1, 0.15) is 40.9 Å². The number of hydrogen-bond acceptors (Lipinski definition) is 4. The lowest BCUT2D eigenvalue weighted by Gasteiger charge is -2.34. The SMILES string of the molecule is CC(C)NC(=O)NCc1ccc(C(=O)N2CCN(Cc3ccc(C#N)cc3)CC2)cc1. The molecule has 1 heterocycles. The molecule has 1 saturated heterocycles. The van der Waals surface area contributed by atoms with Crippen LogP contribution in [0.25, 0.3) is 0 Å². The molecule has 7 nitrogen and oxygen atoms in total. The van der Waals surface area contributed by atoms with E-state index >= 15 is 0 Å². The molecule has 0 unspecified atom stereocenters. The average molecular weight is 420 g/mol. The van der Waals surface area contributed by atoms with E-state index in [0.717, 1.165) is 25.2 Å². The van der Waals surface area contributed by atoms with Crippen molar-refractivity contribution in [3.05, 3.63) is 70.8 Å². The van der Waals surface area contributed by atoms with E-state index in [2.05, 4.69) is 21.6 Å². The van der Waals surface area contributed by atoms with Gasteiger partial charge in [0.25, 0.3) is 5.91 Å². The Hall–Kier alpha value is -3.37. The lowest BCUT2D eigenvalue weighted by atomic mass is 10.1. The van der Waals surface area contributed by atoms with E-state index in [1.54, 1.807) is 0 Å². The molecule has 0 aliphatic carbocycles. The molecule has 3 amide bonds. The fourth-order valence-corrected chi connectivity index (χ4v) is 3.50. The van der Waals surface area contributed by atoms with Crippen molar-refractivity contribution in [3.8, 4) is 6.07 Å². The predicted molar refractivity (Wildman–Crippen MR) is 119 cm³/mol. The number of nitriles is 1. The Morgan fingerprint density at radius 1 is 0.968 bits per heavy atom. The molecule has 2 aromatic carbocycles. The highest BCUT2D eigenvalue weighted by Gasteiger charge is 2.22. The number of hydrogen-bond donors (Lipinski definition) is 2. The summed E-state index contributed by atoms with van der Waals surface area (Å²) in [5, 5.41) is 14.5.